The zero-order valence-electron chi connectivity index (χ0n) is 22.5. The fraction of sp³-hybridized carbons (Fsp3) is 0.172. The van der Waals surface area contributed by atoms with Crippen LogP contribution in [0, 0.1) is 11.6 Å². The normalized spacial score (nSPS) is 13.8. The smallest absolute Gasteiger partial charge is 0.335 e. The Morgan fingerprint density at radius 2 is 1.69 bits per heavy atom. The van der Waals surface area contributed by atoms with Crippen molar-refractivity contribution in [2.45, 2.75) is 6.42 Å². The van der Waals surface area contributed by atoms with E-state index < -0.39 is 29.4 Å². The Morgan fingerprint density at radius 3 is 2.33 bits per heavy atom. The van der Waals surface area contributed by atoms with Gasteiger partial charge in [-0.25, -0.2) is 13.6 Å². The van der Waals surface area contributed by atoms with E-state index in [0.717, 1.165) is 23.9 Å². The van der Waals surface area contributed by atoms with E-state index in [2.05, 4.69) is 5.32 Å². The van der Waals surface area contributed by atoms with Crippen LogP contribution < -0.4 is 19.5 Å². The summed E-state index contributed by atoms with van der Waals surface area (Å²) in [6.45, 7) is -0.0107. The zero-order valence-corrected chi connectivity index (χ0v) is 24.2. The highest BCUT2D eigenvalue weighted by atomic mass is 32.2. The van der Waals surface area contributed by atoms with Crippen LogP contribution in [0.5, 0.6) is 17.2 Å². The Morgan fingerprint density at radius 1 is 0.976 bits per heavy atom. The first-order chi connectivity index (χ1) is 20.1. The molecule has 1 heterocycles. The Hall–Kier alpha value is -4.49. The number of thiocarbonyl (C=S) groups is 1. The summed E-state index contributed by atoms with van der Waals surface area (Å²) in [6, 6.07) is 10.7. The number of carboxylic acid groups (broad SMARTS) is 1. The van der Waals surface area contributed by atoms with Crippen molar-refractivity contribution < 1.29 is 42.5 Å². The number of halogens is 2. The number of aromatic carboxylic acids is 1. The van der Waals surface area contributed by atoms with Gasteiger partial charge in [-0.15, -0.1) is 0 Å². The topological polar surface area (TPSA) is 114 Å². The van der Waals surface area contributed by atoms with Gasteiger partial charge in [-0.1, -0.05) is 30.0 Å². The highest BCUT2D eigenvalue weighted by Crippen LogP contribution is 2.40. The standard InChI is InChI=1S/C29H24F2N2O7S2/c1-38-22-14-23(39-2)18(15-4-6-19(30)20(31)11-15)10-17(22)13-25-27(35)33(29(41)42-25)9-8-26(34)32-21-7-5-16(28(36)37)12-24(21)40-3/h4-7,10-14H,8-9H2,1-3H3,(H,32,34)(H,36,37)/b25-13-. The minimum atomic E-state index is -1.14. The molecule has 3 aromatic carbocycles. The molecule has 0 radical (unpaired) electrons. The number of anilines is 1. The Labute approximate surface area is 249 Å². The molecular formula is C29H24F2N2O7S2. The maximum Gasteiger partial charge on any atom is 0.335 e. The average Bonchev–Trinajstić information content (AvgIpc) is 3.24. The molecule has 1 aliphatic rings. The number of carbonyl (C=O) groups excluding carboxylic acids is 2. The molecule has 0 unspecified atom stereocenters. The van der Waals surface area contributed by atoms with Gasteiger partial charge in [-0.05, 0) is 48.0 Å². The van der Waals surface area contributed by atoms with Crippen LogP contribution in [0.25, 0.3) is 17.2 Å². The van der Waals surface area contributed by atoms with Crippen molar-refractivity contribution in [1.82, 2.24) is 4.90 Å². The number of ether oxygens (including phenoxy) is 3. The second-order valence-electron chi connectivity index (χ2n) is 8.78. The highest BCUT2D eigenvalue weighted by Gasteiger charge is 2.32. The molecule has 4 rings (SSSR count). The van der Waals surface area contributed by atoms with E-state index in [1.54, 1.807) is 18.2 Å². The number of thioether (sulfide) groups is 1. The van der Waals surface area contributed by atoms with Crippen LogP contribution in [0.15, 0.2) is 53.4 Å². The highest BCUT2D eigenvalue weighted by molar-refractivity contribution is 8.26. The van der Waals surface area contributed by atoms with Crippen LogP contribution >= 0.6 is 24.0 Å². The number of benzene rings is 3. The molecule has 1 saturated heterocycles. The molecule has 2 N–H and O–H groups in total. The summed E-state index contributed by atoms with van der Waals surface area (Å²) < 4.78 is 43.8. The van der Waals surface area contributed by atoms with Crippen molar-refractivity contribution in [3.8, 4) is 28.4 Å². The van der Waals surface area contributed by atoms with Crippen molar-refractivity contribution in [2.75, 3.05) is 33.2 Å². The number of rotatable bonds is 10. The molecule has 1 fully saturated rings. The average molecular weight is 615 g/mol. The third-order valence-electron chi connectivity index (χ3n) is 6.23. The summed E-state index contributed by atoms with van der Waals surface area (Å²) in [5.41, 5.74) is 1.55. The molecule has 218 valence electrons. The van der Waals surface area contributed by atoms with E-state index in [0.29, 0.717) is 28.2 Å². The lowest BCUT2D eigenvalue weighted by Crippen LogP contribution is -2.31. The minimum absolute atomic E-state index is 0.000330. The van der Waals surface area contributed by atoms with Gasteiger partial charge in [0, 0.05) is 30.2 Å². The van der Waals surface area contributed by atoms with E-state index >= 15 is 0 Å². The Kier molecular flexibility index (Phi) is 9.43. The summed E-state index contributed by atoms with van der Waals surface area (Å²) >= 11 is 6.44. The quantitative estimate of drug-likeness (QED) is 0.223. The fourth-order valence-electron chi connectivity index (χ4n) is 4.11. The number of hydrogen-bond donors (Lipinski definition) is 2. The molecule has 2 amide bonds. The van der Waals surface area contributed by atoms with Crippen molar-refractivity contribution in [3.05, 3.63) is 76.2 Å². The van der Waals surface area contributed by atoms with Gasteiger partial charge in [0.2, 0.25) is 5.91 Å². The van der Waals surface area contributed by atoms with Gasteiger partial charge < -0.3 is 24.6 Å². The molecule has 0 bridgehead atoms. The number of carboxylic acids is 1. The van der Waals surface area contributed by atoms with Gasteiger partial charge >= 0.3 is 5.97 Å². The van der Waals surface area contributed by atoms with Gasteiger partial charge in [0.15, 0.2) is 11.6 Å². The van der Waals surface area contributed by atoms with Gasteiger partial charge in [0.1, 0.15) is 21.6 Å². The predicted octanol–water partition coefficient (Wildman–Crippen LogP) is 5.59. The summed E-state index contributed by atoms with van der Waals surface area (Å²) in [7, 11) is 4.22. The second kappa shape index (κ2) is 13.0. The van der Waals surface area contributed by atoms with Crippen molar-refractivity contribution >= 4 is 57.8 Å². The summed E-state index contributed by atoms with van der Waals surface area (Å²) in [6.07, 6.45) is 1.46. The third-order valence-corrected chi connectivity index (χ3v) is 7.61. The summed E-state index contributed by atoms with van der Waals surface area (Å²) in [5.74, 6) is -3.12. The van der Waals surface area contributed by atoms with E-state index in [4.69, 9.17) is 31.5 Å². The van der Waals surface area contributed by atoms with E-state index in [1.165, 1.54) is 50.5 Å². The number of nitrogens with zero attached hydrogens (tertiary/aromatic N) is 1. The molecule has 0 saturated carbocycles. The maximum atomic E-state index is 14.0. The lowest BCUT2D eigenvalue weighted by Gasteiger charge is -2.15. The summed E-state index contributed by atoms with van der Waals surface area (Å²) in [5, 5.41) is 11.8. The van der Waals surface area contributed by atoms with Gasteiger partial charge in [-0.2, -0.15) is 0 Å². The number of nitrogens with one attached hydrogen (secondary N) is 1. The van der Waals surface area contributed by atoms with Crippen LogP contribution in [-0.4, -0.2) is 60.0 Å². The monoisotopic (exact) mass is 614 g/mol. The lowest BCUT2D eigenvalue weighted by atomic mass is 10.0. The molecule has 9 nitrogen and oxygen atoms in total. The number of carbonyl (C=O) groups is 3. The third kappa shape index (κ3) is 6.52. The van der Waals surface area contributed by atoms with Gasteiger partial charge in [0.05, 0.1) is 37.5 Å². The van der Waals surface area contributed by atoms with Crippen LogP contribution in [0.2, 0.25) is 0 Å². The fourth-order valence-corrected chi connectivity index (χ4v) is 5.41. The first-order valence-corrected chi connectivity index (χ1v) is 13.5. The number of hydrogen-bond acceptors (Lipinski definition) is 8. The van der Waals surface area contributed by atoms with Crippen molar-refractivity contribution in [1.29, 1.82) is 0 Å². The van der Waals surface area contributed by atoms with E-state index in [-0.39, 0.29) is 39.2 Å². The minimum Gasteiger partial charge on any atom is -0.496 e. The van der Waals surface area contributed by atoms with Gasteiger partial charge in [-0.3, -0.25) is 14.5 Å². The number of amides is 2. The van der Waals surface area contributed by atoms with Crippen LogP contribution in [0.3, 0.4) is 0 Å². The van der Waals surface area contributed by atoms with E-state index in [9.17, 15) is 23.2 Å². The maximum absolute atomic E-state index is 14.0. The van der Waals surface area contributed by atoms with Crippen LogP contribution in [0.4, 0.5) is 14.5 Å². The van der Waals surface area contributed by atoms with Crippen LogP contribution in [0.1, 0.15) is 22.3 Å². The Bertz CT molecular complexity index is 1630. The first-order valence-electron chi connectivity index (χ1n) is 12.2. The number of methoxy groups -OCH3 is 3. The first kappa shape index (κ1) is 30.5. The predicted molar refractivity (Wildman–Crippen MR) is 158 cm³/mol. The second-order valence-corrected chi connectivity index (χ2v) is 10.5. The lowest BCUT2D eigenvalue weighted by molar-refractivity contribution is -0.122. The van der Waals surface area contributed by atoms with Crippen molar-refractivity contribution in [3.63, 3.8) is 0 Å². The van der Waals surface area contributed by atoms with Crippen LogP contribution in [-0.2, 0) is 9.59 Å². The molecular weight excluding hydrogens is 590 g/mol. The molecule has 1 aliphatic heterocycles. The molecule has 0 aromatic heterocycles. The molecule has 42 heavy (non-hydrogen) atoms. The van der Waals surface area contributed by atoms with Crippen molar-refractivity contribution in [2.24, 2.45) is 0 Å². The SMILES string of the molecule is COc1cc(OC)c(-c2ccc(F)c(F)c2)cc1/C=C1\SC(=S)N(CCC(=O)Nc2ccc(C(=O)O)cc2OC)C1=O. The molecule has 0 aliphatic carbocycles. The van der Waals surface area contributed by atoms with Gasteiger partial charge in [0.25, 0.3) is 5.91 Å². The molecule has 3 aromatic rings. The summed E-state index contributed by atoms with van der Waals surface area (Å²) in [4.78, 5) is 38.6. The zero-order chi connectivity index (χ0) is 30.6. The van der Waals surface area contributed by atoms with E-state index in [1.807, 2.05) is 0 Å². The Balaban J connectivity index is 1.53. The largest absolute Gasteiger partial charge is 0.496 e. The molecule has 0 atom stereocenters. The molecule has 13 heteroatoms. The molecule has 0 spiro atoms.